The number of rotatable bonds is 2. The van der Waals surface area contributed by atoms with Crippen molar-refractivity contribution < 1.29 is 9.18 Å². The van der Waals surface area contributed by atoms with E-state index in [4.69, 9.17) is 0 Å². The van der Waals surface area contributed by atoms with Gasteiger partial charge in [0.2, 0.25) is 5.78 Å². The third-order valence-electron chi connectivity index (χ3n) is 2.20. The number of hydrogen-bond donors (Lipinski definition) is 0. The summed E-state index contributed by atoms with van der Waals surface area (Å²) in [4.78, 5) is 13.9. The van der Waals surface area contributed by atoms with Crippen molar-refractivity contribution in [2.24, 2.45) is 0 Å². The lowest BCUT2D eigenvalue weighted by molar-refractivity contribution is 0.104. The van der Waals surface area contributed by atoms with Crippen LogP contribution in [0.5, 0.6) is 0 Å². The van der Waals surface area contributed by atoms with E-state index in [0.717, 1.165) is 9.35 Å². The van der Waals surface area contributed by atoms with Crippen molar-refractivity contribution in [2.75, 3.05) is 0 Å². The molecule has 0 aliphatic heterocycles. The van der Waals surface area contributed by atoms with Crippen LogP contribution >= 0.6 is 43.2 Å². The van der Waals surface area contributed by atoms with Gasteiger partial charge in [0, 0.05) is 14.9 Å². The highest BCUT2D eigenvalue weighted by molar-refractivity contribution is 9.10. The quantitative estimate of drug-likeness (QED) is 0.676. The fourth-order valence-corrected chi connectivity index (χ4v) is 3.57. The smallest absolute Gasteiger partial charge is 0.204 e. The second-order valence-electron chi connectivity index (χ2n) is 3.49. The number of aryl methyl sites for hydroxylation is 1. The molecular weight excluding hydrogens is 371 g/mol. The first kappa shape index (κ1) is 12.9. The molecule has 2 aromatic rings. The Hall–Kier alpha value is -0.520. The molecule has 1 heterocycles. The highest BCUT2D eigenvalue weighted by atomic mass is 79.9. The lowest BCUT2D eigenvalue weighted by atomic mass is 10.1. The van der Waals surface area contributed by atoms with Crippen LogP contribution in [-0.2, 0) is 0 Å². The lowest BCUT2D eigenvalue weighted by Gasteiger charge is -2.01. The van der Waals surface area contributed by atoms with E-state index in [1.807, 2.05) is 13.0 Å². The summed E-state index contributed by atoms with van der Waals surface area (Å²) in [5.74, 6) is -0.473. The average Bonchev–Trinajstić information content (AvgIpc) is 2.61. The van der Waals surface area contributed by atoms with E-state index in [-0.39, 0.29) is 11.6 Å². The Labute approximate surface area is 119 Å². The van der Waals surface area contributed by atoms with Crippen LogP contribution in [0, 0.1) is 12.7 Å². The molecule has 1 nitrogen and oxygen atoms in total. The van der Waals surface area contributed by atoms with E-state index in [2.05, 4.69) is 31.9 Å². The van der Waals surface area contributed by atoms with Crippen LogP contribution in [0.15, 0.2) is 33.2 Å². The van der Waals surface area contributed by atoms with Crippen molar-refractivity contribution in [3.05, 3.63) is 54.3 Å². The largest absolute Gasteiger partial charge is 0.288 e. The number of thiophene rings is 1. The van der Waals surface area contributed by atoms with Crippen molar-refractivity contribution >= 4 is 49.0 Å². The summed E-state index contributed by atoms with van der Waals surface area (Å²) < 4.78 is 14.2. The van der Waals surface area contributed by atoms with Gasteiger partial charge in [0.15, 0.2) is 0 Å². The van der Waals surface area contributed by atoms with Crippen LogP contribution < -0.4 is 0 Å². The molecule has 0 bridgehead atoms. The lowest BCUT2D eigenvalue weighted by Crippen LogP contribution is -1.99. The minimum Gasteiger partial charge on any atom is -0.288 e. The summed E-state index contributed by atoms with van der Waals surface area (Å²) >= 11 is 7.85. The zero-order valence-electron chi connectivity index (χ0n) is 8.76. The molecule has 0 amide bonds. The number of carbonyl (C=O) groups excluding carboxylic acids is 1. The monoisotopic (exact) mass is 376 g/mol. The highest BCUT2D eigenvalue weighted by Crippen LogP contribution is 2.29. The van der Waals surface area contributed by atoms with Gasteiger partial charge in [-0.25, -0.2) is 4.39 Å². The summed E-state index contributed by atoms with van der Waals surface area (Å²) in [5, 5.41) is 0. The van der Waals surface area contributed by atoms with Gasteiger partial charge in [-0.15, -0.1) is 11.3 Å². The molecule has 5 heteroatoms. The molecule has 0 saturated carbocycles. The van der Waals surface area contributed by atoms with Crippen molar-refractivity contribution in [3.63, 3.8) is 0 Å². The number of halogens is 3. The standard InChI is InChI=1S/C12H7Br2FOS/c1-6-4-9(14)12(17-6)11(16)7-2-3-10(15)8(13)5-7/h2-5H,1H3. The maximum absolute atomic E-state index is 13.1. The van der Waals surface area contributed by atoms with Crippen LogP contribution in [0.3, 0.4) is 0 Å². The van der Waals surface area contributed by atoms with Crippen molar-refractivity contribution in [1.82, 2.24) is 0 Å². The predicted octanol–water partition coefficient (Wildman–Crippen LogP) is 4.95. The first-order chi connectivity index (χ1) is 7.99. The van der Waals surface area contributed by atoms with Crippen molar-refractivity contribution in [1.29, 1.82) is 0 Å². The number of ketones is 1. The molecule has 0 unspecified atom stereocenters. The third kappa shape index (κ3) is 2.67. The summed E-state index contributed by atoms with van der Waals surface area (Å²) in [6, 6.07) is 6.17. The molecule has 17 heavy (non-hydrogen) atoms. The van der Waals surface area contributed by atoms with Gasteiger partial charge in [0.05, 0.1) is 9.35 Å². The van der Waals surface area contributed by atoms with E-state index < -0.39 is 0 Å². The SMILES string of the molecule is Cc1cc(Br)c(C(=O)c2ccc(F)c(Br)c2)s1. The molecule has 0 aliphatic rings. The van der Waals surface area contributed by atoms with Crippen LogP contribution in [0.1, 0.15) is 20.1 Å². The Kier molecular flexibility index (Phi) is 3.80. The van der Waals surface area contributed by atoms with Gasteiger partial charge >= 0.3 is 0 Å². The molecule has 0 saturated heterocycles. The third-order valence-corrected chi connectivity index (χ3v) is 4.74. The second kappa shape index (κ2) is 5.00. The highest BCUT2D eigenvalue weighted by Gasteiger charge is 2.16. The van der Waals surface area contributed by atoms with E-state index in [1.165, 1.54) is 29.5 Å². The van der Waals surface area contributed by atoms with Crippen LogP contribution in [0.2, 0.25) is 0 Å². The topological polar surface area (TPSA) is 17.1 Å². The number of hydrogen-bond acceptors (Lipinski definition) is 2. The Morgan fingerprint density at radius 1 is 1.24 bits per heavy atom. The van der Waals surface area contributed by atoms with Gasteiger partial charge in [-0.05, 0) is 63.0 Å². The summed E-state index contributed by atoms with van der Waals surface area (Å²) in [5.41, 5.74) is 0.473. The Morgan fingerprint density at radius 2 is 1.94 bits per heavy atom. The van der Waals surface area contributed by atoms with E-state index >= 15 is 0 Å². The predicted molar refractivity (Wildman–Crippen MR) is 74.3 cm³/mol. The van der Waals surface area contributed by atoms with Gasteiger partial charge in [-0.3, -0.25) is 4.79 Å². The van der Waals surface area contributed by atoms with Crippen LogP contribution in [-0.4, -0.2) is 5.78 Å². The van der Waals surface area contributed by atoms with Crippen LogP contribution in [0.4, 0.5) is 4.39 Å². The van der Waals surface area contributed by atoms with E-state index in [1.54, 1.807) is 0 Å². The summed E-state index contributed by atoms with van der Waals surface area (Å²) in [6.45, 7) is 1.94. The fraction of sp³-hybridized carbons (Fsp3) is 0.0833. The first-order valence-electron chi connectivity index (χ1n) is 4.74. The minimum atomic E-state index is -0.372. The molecule has 1 aromatic heterocycles. The van der Waals surface area contributed by atoms with Gasteiger partial charge < -0.3 is 0 Å². The van der Waals surface area contributed by atoms with Crippen molar-refractivity contribution in [2.45, 2.75) is 6.92 Å². The van der Waals surface area contributed by atoms with Gasteiger partial charge in [0.25, 0.3) is 0 Å². The van der Waals surface area contributed by atoms with E-state index in [9.17, 15) is 9.18 Å². The van der Waals surface area contributed by atoms with Gasteiger partial charge in [-0.1, -0.05) is 0 Å². The second-order valence-corrected chi connectivity index (χ2v) is 6.46. The Morgan fingerprint density at radius 3 is 2.47 bits per heavy atom. The maximum Gasteiger partial charge on any atom is 0.204 e. The maximum atomic E-state index is 13.1. The molecule has 0 fully saturated rings. The van der Waals surface area contributed by atoms with E-state index in [0.29, 0.717) is 14.9 Å². The average molecular weight is 378 g/mol. The van der Waals surface area contributed by atoms with Crippen LogP contribution in [0.25, 0.3) is 0 Å². The molecule has 88 valence electrons. The van der Waals surface area contributed by atoms with Gasteiger partial charge in [0.1, 0.15) is 5.82 Å². The number of carbonyl (C=O) groups is 1. The molecule has 1 aromatic carbocycles. The normalized spacial score (nSPS) is 10.6. The molecule has 2 rings (SSSR count). The van der Waals surface area contributed by atoms with Crippen molar-refractivity contribution in [3.8, 4) is 0 Å². The summed E-state index contributed by atoms with van der Waals surface area (Å²) in [7, 11) is 0. The van der Waals surface area contributed by atoms with Gasteiger partial charge in [-0.2, -0.15) is 0 Å². The molecule has 0 aliphatic carbocycles. The summed E-state index contributed by atoms with van der Waals surface area (Å²) in [6.07, 6.45) is 0. The minimum absolute atomic E-state index is 0.101. The Balaban J connectivity index is 2.44. The molecule has 0 atom stereocenters. The zero-order valence-corrected chi connectivity index (χ0v) is 12.7. The molecule has 0 spiro atoms. The molecular formula is C12H7Br2FOS. The molecule has 0 N–H and O–H groups in total. The first-order valence-corrected chi connectivity index (χ1v) is 7.15. The Bertz CT molecular complexity index is 592. The molecule has 0 radical (unpaired) electrons. The zero-order chi connectivity index (χ0) is 12.6. The fourth-order valence-electron chi connectivity index (χ4n) is 1.41. The number of benzene rings is 1.